The maximum absolute atomic E-state index is 14.4. The van der Waals surface area contributed by atoms with E-state index in [-0.39, 0.29) is 28.4 Å². The highest BCUT2D eigenvalue weighted by molar-refractivity contribution is 6.02. The molecular formula is C27H17F5N4. The van der Waals surface area contributed by atoms with E-state index in [1.54, 1.807) is 22.7 Å². The van der Waals surface area contributed by atoms with Crippen molar-refractivity contribution in [2.75, 3.05) is 0 Å². The number of fused-ring (bicyclic) bond motifs is 1. The number of nitrogens with zero attached hydrogens (tertiary/aromatic N) is 3. The van der Waals surface area contributed by atoms with Crippen LogP contribution in [0.25, 0.3) is 28.0 Å². The van der Waals surface area contributed by atoms with Crippen molar-refractivity contribution in [3.63, 3.8) is 0 Å². The molecule has 36 heavy (non-hydrogen) atoms. The fourth-order valence-corrected chi connectivity index (χ4v) is 3.99. The Labute approximate surface area is 202 Å². The fraction of sp³-hybridized carbons (Fsp3) is 0.0370. The molecule has 0 aliphatic rings. The Bertz CT molecular complexity index is 1610. The second-order valence-electron chi connectivity index (χ2n) is 7.94. The molecule has 0 radical (unpaired) electrons. The third-order valence-electron chi connectivity index (χ3n) is 5.71. The molecule has 0 spiro atoms. The number of benzene rings is 3. The summed E-state index contributed by atoms with van der Waals surface area (Å²) < 4.78 is 70.6. The first-order chi connectivity index (χ1) is 17.3. The molecule has 0 amide bonds. The van der Waals surface area contributed by atoms with Crippen LogP contribution in [0.1, 0.15) is 17.6 Å². The van der Waals surface area contributed by atoms with Gasteiger partial charge in [-0.2, -0.15) is 0 Å². The third kappa shape index (κ3) is 4.19. The van der Waals surface area contributed by atoms with E-state index in [0.717, 1.165) is 6.07 Å². The summed E-state index contributed by atoms with van der Waals surface area (Å²) in [5.74, 6) is -2.46. The molecule has 0 fully saturated rings. The zero-order valence-corrected chi connectivity index (χ0v) is 18.5. The standard InChI is InChI=1S/C27H17F5N4/c28-16-7-9-17(10-8-16)35-26(33)21-13-15(6-11-19(21)25(31)32)18-4-2-12-36-23(18)14-34-27(36)20-3-1-5-22(29)24(20)30/h1-14,25H,(H2,33,35). The van der Waals surface area contributed by atoms with Gasteiger partial charge in [0.05, 0.1) is 23.0 Å². The maximum atomic E-state index is 14.4. The first-order valence-electron chi connectivity index (χ1n) is 10.8. The molecule has 0 atom stereocenters. The number of hydrogen-bond acceptors (Lipinski definition) is 2. The smallest absolute Gasteiger partial charge is 0.264 e. The van der Waals surface area contributed by atoms with Gasteiger partial charge in [-0.05, 0) is 54.1 Å². The van der Waals surface area contributed by atoms with Crippen LogP contribution in [0.5, 0.6) is 0 Å². The topological polar surface area (TPSA) is 55.7 Å². The Kier molecular flexibility index (Phi) is 5.97. The molecule has 2 N–H and O–H groups in total. The number of pyridine rings is 1. The molecule has 0 unspecified atom stereocenters. The summed E-state index contributed by atoms with van der Waals surface area (Å²) in [5, 5.41) is 0. The van der Waals surface area contributed by atoms with Crippen LogP contribution in [0.15, 0.2) is 90.2 Å². The number of alkyl halides is 2. The van der Waals surface area contributed by atoms with Crippen molar-refractivity contribution in [3.05, 3.63) is 114 Å². The molecule has 3 aromatic carbocycles. The number of amidine groups is 1. The number of rotatable bonds is 5. The van der Waals surface area contributed by atoms with Gasteiger partial charge in [0.15, 0.2) is 11.6 Å². The molecule has 0 saturated heterocycles. The Morgan fingerprint density at radius 2 is 1.64 bits per heavy atom. The number of hydrogen-bond donors (Lipinski definition) is 1. The van der Waals surface area contributed by atoms with Crippen LogP contribution in [-0.4, -0.2) is 15.2 Å². The van der Waals surface area contributed by atoms with Crippen molar-refractivity contribution in [1.82, 2.24) is 9.38 Å². The SMILES string of the molecule is NC(=Nc1ccc(F)cc1)c1cc(-c2cccn3c(-c4cccc(F)c4F)ncc23)ccc1C(F)F. The Balaban J connectivity index is 1.64. The molecule has 9 heteroatoms. The Hall–Kier alpha value is -4.53. The molecule has 2 heterocycles. The maximum Gasteiger partial charge on any atom is 0.264 e. The second kappa shape index (κ2) is 9.26. The van der Waals surface area contributed by atoms with E-state index >= 15 is 0 Å². The largest absolute Gasteiger partial charge is 0.383 e. The molecule has 0 saturated carbocycles. The van der Waals surface area contributed by atoms with Crippen LogP contribution in [0.2, 0.25) is 0 Å². The van der Waals surface area contributed by atoms with E-state index in [9.17, 15) is 22.0 Å². The lowest BCUT2D eigenvalue weighted by molar-refractivity contribution is 0.151. The average molecular weight is 492 g/mol. The van der Waals surface area contributed by atoms with Gasteiger partial charge in [-0.15, -0.1) is 0 Å². The van der Waals surface area contributed by atoms with Crippen LogP contribution in [0, 0.1) is 17.5 Å². The average Bonchev–Trinajstić information content (AvgIpc) is 3.31. The minimum atomic E-state index is -2.82. The van der Waals surface area contributed by atoms with Crippen LogP contribution in [0.3, 0.4) is 0 Å². The van der Waals surface area contributed by atoms with Gasteiger partial charge in [-0.1, -0.05) is 24.3 Å². The first-order valence-corrected chi connectivity index (χ1v) is 10.8. The van der Waals surface area contributed by atoms with Gasteiger partial charge in [0, 0.05) is 22.9 Å². The zero-order chi connectivity index (χ0) is 25.4. The van der Waals surface area contributed by atoms with E-state index in [4.69, 9.17) is 5.73 Å². The van der Waals surface area contributed by atoms with Crippen molar-refractivity contribution in [3.8, 4) is 22.5 Å². The molecule has 0 aliphatic carbocycles. The summed E-state index contributed by atoms with van der Waals surface area (Å²) in [6.07, 6.45) is 0.319. The van der Waals surface area contributed by atoms with Crippen LogP contribution in [-0.2, 0) is 0 Å². The second-order valence-corrected chi connectivity index (χ2v) is 7.94. The highest BCUT2D eigenvalue weighted by Crippen LogP contribution is 2.33. The summed E-state index contributed by atoms with van der Waals surface area (Å²) >= 11 is 0. The van der Waals surface area contributed by atoms with E-state index in [2.05, 4.69) is 9.98 Å². The molecule has 5 aromatic rings. The highest BCUT2D eigenvalue weighted by Gasteiger charge is 2.19. The lowest BCUT2D eigenvalue weighted by Crippen LogP contribution is -2.16. The molecule has 4 nitrogen and oxygen atoms in total. The molecule has 2 aromatic heterocycles. The van der Waals surface area contributed by atoms with Crippen molar-refractivity contribution in [1.29, 1.82) is 0 Å². The molecule has 5 rings (SSSR count). The van der Waals surface area contributed by atoms with E-state index in [1.807, 2.05) is 0 Å². The Morgan fingerprint density at radius 3 is 2.39 bits per heavy atom. The van der Waals surface area contributed by atoms with Crippen LogP contribution >= 0.6 is 0 Å². The van der Waals surface area contributed by atoms with E-state index in [0.29, 0.717) is 22.3 Å². The van der Waals surface area contributed by atoms with E-state index in [1.165, 1.54) is 60.8 Å². The minimum absolute atomic E-state index is 0.0171. The monoisotopic (exact) mass is 492 g/mol. The minimum Gasteiger partial charge on any atom is -0.383 e. The van der Waals surface area contributed by atoms with Gasteiger partial charge in [-0.25, -0.2) is 31.9 Å². The number of aromatic nitrogens is 2. The van der Waals surface area contributed by atoms with Gasteiger partial charge in [0.25, 0.3) is 6.43 Å². The van der Waals surface area contributed by atoms with E-state index < -0.39 is 23.9 Å². The van der Waals surface area contributed by atoms with Crippen molar-refractivity contribution in [2.24, 2.45) is 10.7 Å². The fourth-order valence-electron chi connectivity index (χ4n) is 3.99. The lowest BCUT2D eigenvalue weighted by atomic mass is 9.98. The van der Waals surface area contributed by atoms with Crippen LogP contribution < -0.4 is 5.73 Å². The normalized spacial score (nSPS) is 12.0. The summed E-state index contributed by atoms with van der Waals surface area (Å²) in [6, 6.07) is 16.7. The van der Waals surface area contributed by atoms with Gasteiger partial charge in [-0.3, -0.25) is 4.40 Å². The van der Waals surface area contributed by atoms with Crippen molar-refractivity contribution in [2.45, 2.75) is 6.43 Å². The molecule has 180 valence electrons. The number of aliphatic imine (C=N–C) groups is 1. The number of halogens is 5. The van der Waals surface area contributed by atoms with Crippen molar-refractivity contribution >= 4 is 17.0 Å². The van der Waals surface area contributed by atoms with Crippen molar-refractivity contribution < 1.29 is 22.0 Å². The predicted molar refractivity (Wildman–Crippen MR) is 128 cm³/mol. The zero-order valence-electron chi connectivity index (χ0n) is 18.5. The predicted octanol–water partition coefficient (Wildman–Crippen LogP) is 7.06. The summed E-state index contributed by atoms with van der Waals surface area (Å²) in [7, 11) is 0. The van der Waals surface area contributed by atoms with Gasteiger partial charge >= 0.3 is 0 Å². The molecular weight excluding hydrogens is 475 g/mol. The number of nitrogens with two attached hydrogens (primary N) is 1. The summed E-state index contributed by atoms with van der Waals surface area (Å²) in [4.78, 5) is 8.45. The third-order valence-corrected chi connectivity index (χ3v) is 5.71. The molecule has 0 bridgehead atoms. The van der Waals surface area contributed by atoms with Gasteiger partial charge in [0.2, 0.25) is 0 Å². The summed E-state index contributed by atoms with van der Waals surface area (Å²) in [6.45, 7) is 0. The van der Waals surface area contributed by atoms with Gasteiger partial charge < -0.3 is 5.73 Å². The lowest BCUT2D eigenvalue weighted by Gasteiger charge is -2.13. The van der Waals surface area contributed by atoms with Crippen LogP contribution in [0.4, 0.5) is 27.6 Å². The Morgan fingerprint density at radius 1 is 0.889 bits per heavy atom. The summed E-state index contributed by atoms with van der Waals surface area (Å²) in [5.41, 5.74) is 7.77. The number of imidazole rings is 1. The quantitative estimate of drug-likeness (QED) is 0.162. The molecule has 0 aliphatic heterocycles. The first kappa shape index (κ1) is 23.2. The highest BCUT2D eigenvalue weighted by atomic mass is 19.3. The van der Waals surface area contributed by atoms with Gasteiger partial charge in [0.1, 0.15) is 17.5 Å².